The number of nitrogens with one attached hydrogen (secondary N) is 1. The number of halogens is 3. The van der Waals surface area contributed by atoms with Gasteiger partial charge in [-0.2, -0.15) is 0 Å². The number of nitrogen functional groups attached to an aromatic ring is 1. The predicted molar refractivity (Wildman–Crippen MR) is 78.9 cm³/mol. The van der Waals surface area contributed by atoms with Gasteiger partial charge in [-0.1, -0.05) is 28.1 Å². The Hall–Kier alpha value is -1.59. The molecule has 2 aromatic rings. The van der Waals surface area contributed by atoms with Gasteiger partial charge in [0.05, 0.1) is 5.56 Å². The molecular formula is C13H11BrClFN2O. The highest BCUT2D eigenvalue weighted by atomic mass is 79.9. The molecule has 0 unspecified atom stereocenters. The molecule has 0 saturated heterocycles. The van der Waals surface area contributed by atoms with Crippen LogP contribution in [-0.2, 0) is 0 Å². The van der Waals surface area contributed by atoms with Gasteiger partial charge >= 0.3 is 0 Å². The Morgan fingerprint density at radius 1 is 1.21 bits per heavy atom. The van der Waals surface area contributed by atoms with Crippen molar-refractivity contribution in [3.8, 4) is 11.5 Å². The second-order valence-corrected chi connectivity index (χ2v) is 4.50. The maximum absolute atomic E-state index is 13.6. The first-order valence-corrected chi connectivity index (χ1v) is 5.93. The van der Waals surface area contributed by atoms with Crippen molar-refractivity contribution in [2.24, 2.45) is 5.73 Å². The quantitative estimate of drug-likeness (QED) is 0.650. The Kier molecular flexibility index (Phi) is 5.32. The van der Waals surface area contributed by atoms with E-state index in [2.05, 4.69) is 15.9 Å². The van der Waals surface area contributed by atoms with E-state index in [4.69, 9.17) is 15.9 Å². The van der Waals surface area contributed by atoms with Crippen LogP contribution in [-0.4, -0.2) is 5.84 Å². The number of hydrogen-bond acceptors (Lipinski definition) is 2. The summed E-state index contributed by atoms with van der Waals surface area (Å²) in [5.74, 6) is -0.175. The molecule has 0 bridgehead atoms. The SMILES string of the molecule is Cl.N=C(N)c1c(F)cccc1Oc1cccc(Br)c1. The van der Waals surface area contributed by atoms with E-state index in [0.717, 1.165) is 4.47 Å². The normalized spacial score (nSPS) is 9.58. The van der Waals surface area contributed by atoms with Gasteiger partial charge in [-0.3, -0.25) is 5.41 Å². The summed E-state index contributed by atoms with van der Waals surface area (Å²) in [5, 5.41) is 7.37. The molecule has 3 N–H and O–H groups in total. The van der Waals surface area contributed by atoms with Crippen LogP contribution in [0.4, 0.5) is 4.39 Å². The molecule has 19 heavy (non-hydrogen) atoms. The Labute approximate surface area is 124 Å². The number of rotatable bonds is 3. The number of nitrogens with two attached hydrogens (primary N) is 1. The summed E-state index contributed by atoms with van der Waals surface area (Å²) < 4.78 is 20.0. The molecule has 100 valence electrons. The fourth-order valence-electron chi connectivity index (χ4n) is 1.51. The average Bonchev–Trinajstić information content (AvgIpc) is 2.28. The molecule has 0 aliphatic rings. The third-order valence-electron chi connectivity index (χ3n) is 2.27. The fourth-order valence-corrected chi connectivity index (χ4v) is 1.89. The van der Waals surface area contributed by atoms with Gasteiger partial charge in [0.2, 0.25) is 0 Å². The van der Waals surface area contributed by atoms with Crippen molar-refractivity contribution >= 4 is 34.2 Å². The molecule has 0 heterocycles. The van der Waals surface area contributed by atoms with Crippen LogP contribution >= 0.6 is 28.3 Å². The predicted octanol–water partition coefficient (Wildman–Crippen LogP) is 4.09. The Bertz CT molecular complexity index is 607. The first-order chi connectivity index (χ1) is 8.58. The smallest absolute Gasteiger partial charge is 0.141 e. The first kappa shape index (κ1) is 15.5. The molecule has 3 nitrogen and oxygen atoms in total. The lowest BCUT2D eigenvalue weighted by Crippen LogP contribution is -2.14. The highest BCUT2D eigenvalue weighted by Gasteiger charge is 2.13. The maximum Gasteiger partial charge on any atom is 0.141 e. The molecule has 0 spiro atoms. The molecule has 0 atom stereocenters. The molecule has 0 amide bonds. The zero-order valence-electron chi connectivity index (χ0n) is 9.69. The summed E-state index contributed by atoms with van der Waals surface area (Å²) in [5.41, 5.74) is 5.32. The minimum Gasteiger partial charge on any atom is -0.456 e. The topological polar surface area (TPSA) is 59.1 Å². The van der Waals surface area contributed by atoms with Crippen molar-refractivity contribution in [1.82, 2.24) is 0 Å². The molecule has 0 fully saturated rings. The summed E-state index contributed by atoms with van der Waals surface area (Å²) in [6, 6.07) is 11.4. The number of benzene rings is 2. The van der Waals surface area contributed by atoms with E-state index >= 15 is 0 Å². The van der Waals surface area contributed by atoms with E-state index in [9.17, 15) is 4.39 Å². The van der Waals surface area contributed by atoms with Gasteiger partial charge in [0.1, 0.15) is 23.2 Å². The van der Waals surface area contributed by atoms with Gasteiger partial charge in [-0.25, -0.2) is 4.39 Å². The summed E-state index contributed by atoms with van der Waals surface area (Å²) >= 11 is 3.32. The third kappa shape index (κ3) is 3.68. The number of hydrogen-bond donors (Lipinski definition) is 2. The molecule has 2 rings (SSSR count). The molecular weight excluding hydrogens is 335 g/mol. The van der Waals surface area contributed by atoms with Crippen LogP contribution < -0.4 is 10.5 Å². The van der Waals surface area contributed by atoms with Crippen molar-refractivity contribution in [1.29, 1.82) is 5.41 Å². The molecule has 0 saturated carbocycles. The zero-order valence-corrected chi connectivity index (χ0v) is 12.1. The maximum atomic E-state index is 13.6. The van der Waals surface area contributed by atoms with Gasteiger partial charge in [-0.15, -0.1) is 12.4 Å². The van der Waals surface area contributed by atoms with Gasteiger partial charge in [-0.05, 0) is 30.3 Å². The van der Waals surface area contributed by atoms with Gasteiger partial charge < -0.3 is 10.5 Å². The van der Waals surface area contributed by atoms with Crippen molar-refractivity contribution in [3.05, 3.63) is 58.3 Å². The fraction of sp³-hybridized carbons (Fsp3) is 0. The van der Waals surface area contributed by atoms with E-state index in [1.807, 2.05) is 6.07 Å². The Balaban J connectivity index is 0.00000180. The van der Waals surface area contributed by atoms with E-state index in [-0.39, 0.29) is 29.6 Å². The van der Waals surface area contributed by atoms with Crippen LogP contribution in [0.5, 0.6) is 11.5 Å². The third-order valence-corrected chi connectivity index (χ3v) is 2.76. The van der Waals surface area contributed by atoms with E-state index in [1.165, 1.54) is 12.1 Å². The molecule has 0 aromatic heterocycles. The molecule has 0 radical (unpaired) electrons. The highest BCUT2D eigenvalue weighted by Crippen LogP contribution is 2.28. The van der Waals surface area contributed by atoms with E-state index in [0.29, 0.717) is 5.75 Å². The minimum absolute atomic E-state index is 0. The van der Waals surface area contributed by atoms with Crippen molar-refractivity contribution in [3.63, 3.8) is 0 Å². The molecule has 0 aliphatic heterocycles. The van der Waals surface area contributed by atoms with Crippen LogP contribution in [0.1, 0.15) is 5.56 Å². The van der Waals surface area contributed by atoms with Crippen LogP contribution in [0, 0.1) is 11.2 Å². The van der Waals surface area contributed by atoms with Crippen LogP contribution in [0.25, 0.3) is 0 Å². The van der Waals surface area contributed by atoms with Crippen LogP contribution in [0.2, 0.25) is 0 Å². The standard InChI is InChI=1S/C13H10BrFN2O.ClH/c14-8-3-1-4-9(7-8)18-11-6-2-5-10(15)12(11)13(16)17;/h1-7H,(H3,16,17);1H. The van der Waals surface area contributed by atoms with Gasteiger partial charge in [0.15, 0.2) is 0 Å². The van der Waals surface area contributed by atoms with E-state index in [1.54, 1.807) is 24.3 Å². The summed E-state index contributed by atoms with van der Waals surface area (Å²) in [6.07, 6.45) is 0. The van der Waals surface area contributed by atoms with Crippen LogP contribution in [0.3, 0.4) is 0 Å². The van der Waals surface area contributed by atoms with E-state index < -0.39 is 5.82 Å². The second kappa shape index (κ2) is 6.54. The van der Waals surface area contributed by atoms with Crippen molar-refractivity contribution < 1.29 is 9.13 Å². The number of ether oxygens (including phenoxy) is 1. The largest absolute Gasteiger partial charge is 0.456 e. The highest BCUT2D eigenvalue weighted by molar-refractivity contribution is 9.10. The first-order valence-electron chi connectivity index (χ1n) is 5.14. The Morgan fingerprint density at radius 2 is 1.89 bits per heavy atom. The molecule has 2 aromatic carbocycles. The zero-order chi connectivity index (χ0) is 13.1. The van der Waals surface area contributed by atoms with Gasteiger partial charge in [0.25, 0.3) is 0 Å². The average molecular weight is 346 g/mol. The lowest BCUT2D eigenvalue weighted by molar-refractivity contribution is 0.475. The van der Waals surface area contributed by atoms with Crippen molar-refractivity contribution in [2.75, 3.05) is 0 Å². The van der Waals surface area contributed by atoms with Crippen molar-refractivity contribution in [2.45, 2.75) is 0 Å². The summed E-state index contributed by atoms with van der Waals surface area (Å²) in [7, 11) is 0. The summed E-state index contributed by atoms with van der Waals surface area (Å²) in [6.45, 7) is 0. The Morgan fingerprint density at radius 3 is 2.53 bits per heavy atom. The lowest BCUT2D eigenvalue weighted by Gasteiger charge is -2.11. The monoisotopic (exact) mass is 344 g/mol. The second-order valence-electron chi connectivity index (χ2n) is 3.59. The minimum atomic E-state index is -0.574. The number of amidine groups is 1. The lowest BCUT2D eigenvalue weighted by atomic mass is 10.1. The van der Waals surface area contributed by atoms with Crippen LogP contribution in [0.15, 0.2) is 46.9 Å². The molecule has 6 heteroatoms. The van der Waals surface area contributed by atoms with Gasteiger partial charge in [0, 0.05) is 4.47 Å². The summed E-state index contributed by atoms with van der Waals surface area (Å²) in [4.78, 5) is 0. The molecule has 0 aliphatic carbocycles.